The molecule has 2 heterocycles. The first-order valence-electron chi connectivity index (χ1n) is 10.8. The van der Waals surface area contributed by atoms with Crippen LogP contribution in [0.15, 0.2) is 58.6 Å². The molecule has 6 nitrogen and oxygen atoms in total. The molecule has 0 saturated carbocycles. The molecule has 0 bridgehead atoms. The SMILES string of the molecule is CC1=CC(C)(C)N(C(C)C)c2ccc(/C=C3\C(=O)NC(=O)N(c4cccc(Br)c4)C3=O)cc21. The Kier molecular flexibility index (Phi) is 5.78. The van der Waals surface area contributed by atoms with E-state index in [9.17, 15) is 14.4 Å². The van der Waals surface area contributed by atoms with Gasteiger partial charge in [0.1, 0.15) is 5.57 Å². The van der Waals surface area contributed by atoms with Crippen LogP contribution in [0.3, 0.4) is 0 Å². The van der Waals surface area contributed by atoms with E-state index < -0.39 is 17.8 Å². The maximum absolute atomic E-state index is 13.2. The summed E-state index contributed by atoms with van der Waals surface area (Å²) in [5.74, 6) is -1.36. The van der Waals surface area contributed by atoms with Gasteiger partial charge in [0.15, 0.2) is 0 Å². The van der Waals surface area contributed by atoms with E-state index in [1.165, 1.54) is 0 Å². The topological polar surface area (TPSA) is 69.7 Å². The molecule has 2 aliphatic heterocycles. The van der Waals surface area contributed by atoms with E-state index in [0.717, 1.165) is 26.2 Å². The molecule has 1 saturated heterocycles. The summed E-state index contributed by atoms with van der Waals surface area (Å²) in [4.78, 5) is 41.5. The number of hydrogen-bond donors (Lipinski definition) is 1. The average Bonchev–Trinajstić information content (AvgIpc) is 2.70. The van der Waals surface area contributed by atoms with Crippen molar-refractivity contribution in [1.82, 2.24) is 5.32 Å². The monoisotopic (exact) mass is 507 g/mol. The fourth-order valence-electron chi connectivity index (χ4n) is 4.77. The molecule has 0 spiro atoms. The van der Waals surface area contributed by atoms with Crippen LogP contribution < -0.4 is 15.1 Å². The number of barbiturate groups is 1. The minimum Gasteiger partial charge on any atom is -0.360 e. The zero-order chi connectivity index (χ0) is 24.1. The van der Waals surface area contributed by atoms with Crippen LogP contribution in [0.4, 0.5) is 16.2 Å². The number of carbonyl (C=O) groups is 3. The summed E-state index contributed by atoms with van der Waals surface area (Å²) in [6.45, 7) is 10.8. The van der Waals surface area contributed by atoms with Crippen LogP contribution in [0.2, 0.25) is 0 Å². The standard InChI is InChI=1S/C26H26BrN3O3/c1-15(2)30-22-10-9-17(11-20(22)16(3)14-26(30,4)5)12-21-23(31)28-25(33)29(24(21)32)19-8-6-7-18(27)13-19/h6-15H,1-5H3,(H,28,31,33)/b21-12+. The van der Waals surface area contributed by atoms with E-state index in [4.69, 9.17) is 0 Å². The Morgan fingerprint density at radius 1 is 1.06 bits per heavy atom. The Labute approximate surface area is 202 Å². The third kappa shape index (κ3) is 4.13. The van der Waals surface area contributed by atoms with Gasteiger partial charge in [0, 0.05) is 21.8 Å². The van der Waals surface area contributed by atoms with Crippen LogP contribution in [0.5, 0.6) is 0 Å². The van der Waals surface area contributed by atoms with Crippen molar-refractivity contribution in [2.75, 3.05) is 9.80 Å². The van der Waals surface area contributed by atoms with E-state index in [1.54, 1.807) is 30.3 Å². The summed E-state index contributed by atoms with van der Waals surface area (Å²) < 4.78 is 0.720. The second-order valence-electron chi connectivity index (χ2n) is 9.16. The van der Waals surface area contributed by atoms with Gasteiger partial charge in [0.25, 0.3) is 11.8 Å². The van der Waals surface area contributed by atoms with Gasteiger partial charge in [-0.05, 0) is 82.2 Å². The lowest BCUT2D eigenvalue weighted by molar-refractivity contribution is -0.122. The van der Waals surface area contributed by atoms with Crippen molar-refractivity contribution >= 4 is 56.8 Å². The number of rotatable bonds is 3. The highest BCUT2D eigenvalue weighted by atomic mass is 79.9. The van der Waals surface area contributed by atoms with Crippen LogP contribution in [-0.2, 0) is 9.59 Å². The molecule has 4 amide bonds. The van der Waals surface area contributed by atoms with Crippen molar-refractivity contribution in [2.45, 2.75) is 46.2 Å². The van der Waals surface area contributed by atoms with Gasteiger partial charge < -0.3 is 4.90 Å². The molecule has 1 fully saturated rings. The van der Waals surface area contributed by atoms with Gasteiger partial charge in [0.2, 0.25) is 0 Å². The molecule has 0 aliphatic carbocycles. The molecule has 2 aromatic rings. The van der Waals surface area contributed by atoms with Gasteiger partial charge in [-0.1, -0.05) is 34.1 Å². The van der Waals surface area contributed by atoms with Gasteiger partial charge in [-0.3, -0.25) is 14.9 Å². The molecule has 170 valence electrons. The van der Waals surface area contributed by atoms with E-state index in [-0.39, 0.29) is 11.1 Å². The number of urea groups is 1. The van der Waals surface area contributed by atoms with E-state index in [2.05, 4.69) is 66.8 Å². The minimum atomic E-state index is -0.765. The van der Waals surface area contributed by atoms with E-state index in [1.807, 2.05) is 18.2 Å². The Balaban J connectivity index is 1.76. The zero-order valence-electron chi connectivity index (χ0n) is 19.3. The Morgan fingerprint density at radius 2 is 1.79 bits per heavy atom. The van der Waals surface area contributed by atoms with Crippen molar-refractivity contribution in [1.29, 1.82) is 0 Å². The molecule has 33 heavy (non-hydrogen) atoms. The smallest absolute Gasteiger partial charge is 0.335 e. The number of imide groups is 2. The summed E-state index contributed by atoms with van der Waals surface area (Å²) in [7, 11) is 0. The molecule has 0 unspecified atom stereocenters. The minimum absolute atomic E-state index is 0.0898. The molecular formula is C26H26BrN3O3. The van der Waals surface area contributed by atoms with Gasteiger partial charge >= 0.3 is 6.03 Å². The lowest BCUT2D eigenvalue weighted by Gasteiger charge is -2.46. The zero-order valence-corrected chi connectivity index (χ0v) is 20.9. The molecule has 1 N–H and O–H groups in total. The fourth-order valence-corrected chi connectivity index (χ4v) is 5.16. The first-order chi connectivity index (χ1) is 15.5. The van der Waals surface area contributed by atoms with Gasteiger partial charge in [0.05, 0.1) is 11.2 Å². The van der Waals surface area contributed by atoms with Gasteiger partial charge in [-0.25, -0.2) is 9.69 Å². The molecule has 2 aliphatic rings. The second-order valence-corrected chi connectivity index (χ2v) is 10.1. The van der Waals surface area contributed by atoms with Crippen molar-refractivity contribution < 1.29 is 14.4 Å². The fraction of sp³-hybridized carbons (Fsp3) is 0.269. The summed E-state index contributed by atoms with van der Waals surface area (Å²) >= 11 is 3.35. The normalized spacial score (nSPS) is 19.1. The van der Waals surface area contributed by atoms with E-state index >= 15 is 0 Å². The summed E-state index contributed by atoms with van der Waals surface area (Å²) in [5.41, 5.74) is 4.18. The quantitative estimate of drug-likeness (QED) is 0.438. The number of benzene rings is 2. The molecule has 4 rings (SSSR count). The number of nitrogens with zero attached hydrogens (tertiary/aromatic N) is 2. The Hall–Kier alpha value is -3.19. The highest BCUT2D eigenvalue weighted by molar-refractivity contribution is 9.10. The number of amides is 4. The van der Waals surface area contributed by atoms with Crippen molar-refractivity contribution in [3.05, 3.63) is 69.7 Å². The number of carbonyl (C=O) groups excluding carboxylic acids is 3. The van der Waals surface area contributed by atoms with Crippen LogP contribution in [0.1, 0.15) is 45.7 Å². The van der Waals surface area contributed by atoms with Crippen molar-refractivity contribution in [3.63, 3.8) is 0 Å². The number of halogens is 1. The van der Waals surface area contributed by atoms with Gasteiger partial charge in [-0.15, -0.1) is 0 Å². The Bertz CT molecular complexity index is 1240. The number of hydrogen-bond acceptors (Lipinski definition) is 4. The van der Waals surface area contributed by atoms with Crippen molar-refractivity contribution in [3.8, 4) is 0 Å². The third-order valence-electron chi connectivity index (χ3n) is 5.89. The lowest BCUT2D eigenvalue weighted by Crippen LogP contribution is -2.54. The molecule has 0 aromatic heterocycles. The average molecular weight is 508 g/mol. The van der Waals surface area contributed by atoms with Crippen LogP contribution in [0, 0.1) is 0 Å². The van der Waals surface area contributed by atoms with Crippen molar-refractivity contribution in [2.24, 2.45) is 0 Å². The third-order valence-corrected chi connectivity index (χ3v) is 6.38. The first-order valence-corrected chi connectivity index (χ1v) is 11.6. The first kappa shape index (κ1) is 23.0. The largest absolute Gasteiger partial charge is 0.360 e. The van der Waals surface area contributed by atoms with Gasteiger partial charge in [-0.2, -0.15) is 0 Å². The molecular weight excluding hydrogens is 482 g/mol. The van der Waals surface area contributed by atoms with E-state index in [0.29, 0.717) is 17.3 Å². The number of allylic oxidation sites excluding steroid dienone is 1. The van der Waals surface area contributed by atoms with Crippen LogP contribution in [-0.4, -0.2) is 29.4 Å². The molecule has 2 aromatic carbocycles. The summed E-state index contributed by atoms with van der Waals surface area (Å²) in [5, 5.41) is 2.28. The Morgan fingerprint density at radius 3 is 2.45 bits per heavy atom. The number of nitrogens with one attached hydrogen (secondary N) is 1. The summed E-state index contributed by atoms with van der Waals surface area (Å²) in [6.07, 6.45) is 3.78. The van der Waals surface area contributed by atoms with Crippen LogP contribution in [0.25, 0.3) is 11.6 Å². The predicted octanol–water partition coefficient (Wildman–Crippen LogP) is 5.53. The predicted molar refractivity (Wildman–Crippen MR) is 135 cm³/mol. The number of anilines is 2. The molecule has 0 atom stereocenters. The van der Waals surface area contributed by atoms with Crippen LogP contribution >= 0.6 is 15.9 Å². The molecule has 7 heteroatoms. The highest BCUT2D eigenvalue weighted by Crippen LogP contribution is 2.40. The second kappa shape index (κ2) is 8.30. The highest BCUT2D eigenvalue weighted by Gasteiger charge is 2.37. The maximum atomic E-state index is 13.2. The maximum Gasteiger partial charge on any atom is 0.335 e. The summed E-state index contributed by atoms with van der Waals surface area (Å²) in [6, 6.07) is 12.3. The number of fused-ring (bicyclic) bond motifs is 1. The lowest BCUT2D eigenvalue weighted by atomic mass is 9.86. The molecule has 0 radical (unpaired) electrons.